The van der Waals surface area contributed by atoms with E-state index in [1.165, 1.54) is 30.1 Å². The number of benzene rings is 1. The molecule has 7 heteroatoms. The maximum atomic E-state index is 12.2. The zero-order valence-electron chi connectivity index (χ0n) is 10.3. The smallest absolute Gasteiger partial charge is 0.257 e. The van der Waals surface area contributed by atoms with E-state index in [9.17, 15) is 18.3 Å². The summed E-state index contributed by atoms with van der Waals surface area (Å²) in [7, 11) is -1.52. The SMILES string of the molecule is CN(C(=O)c1cc(Cl)ccc1O)C1CCS(=O)(=O)C1. The highest BCUT2D eigenvalue weighted by atomic mass is 35.5. The summed E-state index contributed by atoms with van der Waals surface area (Å²) in [4.78, 5) is 13.6. The molecule has 0 spiro atoms. The van der Waals surface area contributed by atoms with Crippen LogP contribution < -0.4 is 0 Å². The Balaban J connectivity index is 2.22. The number of sulfone groups is 1. The van der Waals surface area contributed by atoms with Crippen LogP contribution in [0.3, 0.4) is 0 Å². The van der Waals surface area contributed by atoms with Crippen molar-refractivity contribution in [3.05, 3.63) is 28.8 Å². The molecule has 0 aromatic heterocycles. The summed E-state index contributed by atoms with van der Waals surface area (Å²) in [5, 5.41) is 10.0. The van der Waals surface area contributed by atoms with Crippen molar-refractivity contribution in [2.24, 2.45) is 0 Å². The minimum atomic E-state index is -3.06. The molecule has 1 amide bonds. The normalized spacial score (nSPS) is 21.3. The second-order valence-electron chi connectivity index (χ2n) is 4.63. The lowest BCUT2D eigenvalue weighted by Crippen LogP contribution is -2.37. The van der Waals surface area contributed by atoms with Crippen molar-refractivity contribution in [3.63, 3.8) is 0 Å². The molecule has 1 heterocycles. The van der Waals surface area contributed by atoms with E-state index in [-0.39, 0.29) is 28.9 Å². The predicted octanol–water partition coefficient (Wildman–Crippen LogP) is 1.30. The lowest BCUT2D eigenvalue weighted by Gasteiger charge is -2.23. The maximum Gasteiger partial charge on any atom is 0.257 e. The average Bonchev–Trinajstić information content (AvgIpc) is 2.71. The molecule has 5 nitrogen and oxygen atoms in total. The average molecular weight is 304 g/mol. The van der Waals surface area contributed by atoms with E-state index < -0.39 is 15.7 Å². The largest absolute Gasteiger partial charge is 0.507 e. The van der Waals surface area contributed by atoms with Gasteiger partial charge in [-0.25, -0.2) is 8.42 Å². The lowest BCUT2D eigenvalue weighted by atomic mass is 10.1. The molecule has 0 aliphatic carbocycles. The monoisotopic (exact) mass is 303 g/mol. The van der Waals surface area contributed by atoms with Crippen LogP contribution in [0.2, 0.25) is 5.02 Å². The first-order chi connectivity index (χ1) is 8.80. The fourth-order valence-electron chi connectivity index (χ4n) is 2.12. The van der Waals surface area contributed by atoms with Gasteiger partial charge >= 0.3 is 0 Å². The maximum absolute atomic E-state index is 12.2. The number of nitrogens with zero attached hydrogens (tertiary/aromatic N) is 1. The number of rotatable bonds is 2. The molecule has 1 atom stereocenters. The molecule has 1 unspecified atom stereocenters. The van der Waals surface area contributed by atoms with Crippen LogP contribution in [0.5, 0.6) is 5.75 Å². The summed E-state index contributed by atoms with van der Waals surface area (Å²) >= 11 is 5.79. The zero-order chi connectivity index (χ0) is 14.2. The van der Waals surface area contributed by atoms with E-state index in [1.807, 2.05) is 0 Å². The van der Waals surface area contributed by atoms with Gasteiger partial charge in [-0.15, -0.1) is 0 Å². The fraction of sp³-hybridized carbons (Fsp3) is 0.417. The van der Waals surface area contributed by atoms with E-state index in [1.54, 1.807) is 0 Å². The predicted molar refractivity (Wildman–Crippen MR) is 72.3 cm³/mol. The van der Waals surface area contributed by atoms with Crippen LogP contribution in [0.1, 0.15) is 16.8 Å². The van der Waals surface area contributed by atoms with Crippen LogP contribution in [-0.2, 0) is 9.84 Å². The Morgan fingerprint density at radius 3 is 2.74 bits per heavy atom. The third-order valence-electron chi connectivity index (χ3n) is 3.27. The summed E-state index contributed by atoms with van der Waals surface area (Å²) in [6, 6.07) is 3.85. The summed E-state index contributed by atoms with van der Waals surface area (Å²) in [5.41, 5.74) is 0.0827. The zero-order valence-corrected chi connectivity index (χ0v) is 11.9. The molecule has 1 saturated heterocycles. The first-order valence-corrected chi connectivity index (χ1v) is 7.96. The van der Waals surface area contributed by atoms with Crippen LogP contribution in [-0.4, -0.2) is 48.9 Å². The van der Waals surface area contributed by atoms with Crippen LogP contribution in [0.25, 0.3) is 0 Å². The van der Waals surface area contributed by atoms with Gasteiger partial charge in [-0.1, -0.05) is 11.6 Å². The third-order valence-corrected chi connectivity index (χ3v) is 5.25. The summed E-state index contributed by atoms with van der Waals surface area (Å²) in [6.45, 7) is 0. The van der Waals surface area contributed by atoms with Gasteiger partial charge in [-0.3, -0.25) is 4.79 Å². The first-order valence-electron chi connectivity index (χ1n) is 5.76. The van der Waals surface area contributed by atoms with E-state index in [0.717, 1.165) is 0 Å². The highest BCUT2D eigenvalue weighted by molar-refractivity contribution is 7.91. The Labute approximate surface area is 116 Å². The number of amides is 1. The Morgan fingerprint density at radius 1 is 1.47 bits per heavy atom. The Bertz CT molecular complexity index is 614. The van der Waals surface area contributed by atoms with Gasteiger partial charge in [-0.05, 0) is 24.6 Å². The summed E-state index contributed by atoms with van der Waals surface area (Å²) in [6.07, 6.45) is 0.423. The minimum absolute atomic E-state index is 0.0312. The molecule has 0 bridgehead atoms. The van der Waals surface area contributed by atoms with Crippen LogP contribution >= 0.6 is 11.6 Å². The van der Waals surface area contributed by atoms with Crippen LogP contribution in [0.4, 0.5) is 0 Å². The van der Waals surface area contributed by atoms with Crippen molar-refractivity contribution in [2.45, 2.75) is 12.5 Å². The molecule has 0 saturated carbocycles. The molecule has 2 rings (SSSR count). The van der Waals surface area contributed by atoms with Crippen molar-refractivity contribution in [2.75, 3.05) is 18.6 Å². The number of phenols is 1. The van der Waals surface area contributed by atoms with Crippen LogP contribution in [0, 0.1) is 0 Å². The molecular weight excluding hydrogens is 290 g/mol. The Hall–Kier alpha value is -1.27. The van der Waals surface area contributed by atoms with Crippen molar-refractivity contribution in [1.82, 2.24) is 4.90 Å². The third kappa shape index (κ3) is 3.01. The van der Waals surface area contributed by atoms with Crippen molar-refractivity contribution in [3.8, 4) is 5.75 Å². The number of carbonyl (C=O) groups excluding carboxylic acids is 1. The van der Waals surface area contributed by atoms with E-state index in [0.29, 0.717) is 11.4 Å². The molecular formula is C12H14ClNO4S. The van der Waals surface area contributed by atoms with Crippen molar-refractivity contribution < 1.29 is 18.3 Å². The van der Waals surface area contributed by atoms with Gasteiger partial charge < -0.3 is 10.0 Å². The molecule has 1 aromatic carbocycles. The minimum Gasteiger partial charge on any atom is -0.507 e. The molecule has 1 aliphatic heterocycles. The number of halogens is 1. The first kappa shape index (κ1) is 14.1. The van der Waals surface area contributed by atoms with Crippen molar-refractivity contribution in [1.29, 1.82) is 0 Å². The van der Waals surface area contributed by atoms with E-state index in [4.69, 9.17) is 11.6 Å². The molecule has 1 N–H and O–H groups in total. The fourth-order valence-corrected chi connectivity index (χ4v) is 4.06. The highest BCUT2D eigenvalue weighted by Crippen LogP contribution is 2.25. The van der Waals surface area contributed by atoms with Gasteiger partial charge in [0.25, 0.3) is 5.91 Å². The standard InChI is InChI=1S/C12H14ClNO4S/c1-14(9-4-5-19(17,18)7-9)12(16)10-6-8(13)2-3-11(10)15/h2-3,6,9,15H,4-5,7H2,1H3. The quantitative estimate of drug-likeness (QED) is 0.894. The number of hydrogen-bond donors (Lipinski definition) is 1. The number of phenolic OH excluding ortho intramolecular Hbond substituents is 1. The van der Waals surface area contributed by atoms with Gasteiger partial charge in [0, 0.05) is 18.1 Å². The highest BCUT2D eigenvalue weighted by Gasteiger charge is 2.33. The van der Waals surface area contributed by atoms with E-state index in [2.05, 4.69) is 0 Å². The van der Waals surface area contributed by atoms with Gasteiger partial charge in [0.1, 0.15) is 5.75 Å². The van der Waals surface area contributed by atoms with Gasteiger partial charge in [0.05, 0.1) is 17.1 Å². The van der Waals surface area contributed by atoms with Gasteiger partial charge in [0.15, 0.2) is 9.84 Å². The second-order valence-corrected chi connectivity index (χ2v) is 7.30. The topological polar surface area (TPSA) is 74.7 Å². The number of hydrogen-bond acceptors (Lipinski definition) is 4. The van der Waals surface area contributed by atoms with Crippen molar-refractivity contribution >= 4 is 27.3 Å². The number of carbonyl (C=O) groups is 1. The second kappa shape index (κ2) is 5.02. The summed E-state index contributed by atoms with van der Waals surface area (Å²) in [5.74, 6) is -0.530. The Morgan fingerprint density at radius 2 is 2.16 bits per heavy atom. The van der Waals surface area contributed by atoms with Gasteiger partial charge in [0.2, 0.25) is 0 Å². The molecule has 104 valence electrons. The summed E-state index contributed by atoms with van der Waals surface area (Å²) < 4.78 is 22.8. The number of aromatic hydroxyl groups is 1. The molecule has 1 aromatic rings. The van der Waals surface area contributed by atoms with Crippen LogP contribution in [0.15, 0.2) is 18.2 Å². The lowest BCUT2D eigenvalue weighted by molar-refractivity contribution is 0.0744. The van der Waals surface area contributed by atoms with E-state index >= 15 is 0 Å². The molecule has 1 fully saturated rings. The molecule has 19 heavy (non-hydrogen) atoms. The van der Waals surface area contributed by atoms with Gasteiger partial charge in [-0.2, -0.15) is 0 Å². The molecule has 1 aliphatic rings. The molecule has 0 radical (unpaired) electrons. The Kier molecular flexibility index (Phi) is 3.73.